The monoisotopic (exact) mass is 485 g/mol. The number of nitrogens with one attached hydrogen (secondary N) is 1. The van der Waals surface area contributed by atoms with Crippen LogP contribution in [0, 0.1) is 5.92 Å². The van der Waals surface area contributed by atoms with Gasteiger partial charge in [0.05, 0.1) is 4.90 Å². The number of anilines is 2. The van der Waals surface area contributed by atoms with Crippen LogP contribution in [0.3, 0.4) is 0 Å². The van der Waals surface area contributed by atoms with Gasteiger partial charge in [-0.2, -0.15) is 4.31 Å². The van der Waals surface area contributed by atoms with E-state index in [1.54, 1.807) is 18.3 Å². The predicted molar refractivity (Wildman–Crippen MR) is 130 cm³/mol. The quantitative estimate of drug-likeness (QED) is 0.673. The Hall–Kier alpha value is -2.98. The number of benzene rings is 1. The fraction of sp³-hybridized carbons (Fsp3) is 0.458. The number of aromatic nitrogens is 1. The van der Waals surface area contributed by atoms with E-state index in [4.69, 9.17) is 0 Å². The molecule has 182 valence electrons. The van der Waals surface area contributed by atoms with Crippen LogP contribution in [-0.4, -0.2) is 73.7 Å². The smallest absolute Gasteiger partial charge is 0.243 e. The SMILES string of the molecule is CC(=O)Nc1ccc(S(=O)(=O)N2CCC(CC(=O)N3CCN(c4ccccn4)CC3)CC2)cc1. The summed E-state index contributed by atoms with van der Waals surface area (Å²) >= 11 is 0. The fourth-order valence-corrected chi connectivity index (χ4v) is 5.99. The number of pyridine rings is 1. The number of hydrogen-bond acceptors (Lipinski definition) is 6. The summed E-state index contributed by atoms with van der Waals surface area (Å²) in [7, 11) is -3.60. The normalized spacial score (nSPS) is 18.0. The van der Waals surface area contributed by atoms with Crippen molar-refractivity contribution in [3.05, 3.63) is 48.7 Å². The van der Waals surface area contributed by atoms with E-state index in [2.05, 4.69) is 15.2 Å². The number of piperidine rings is 1. The number of piperazine rings is 1. The summed E-state index contributed by atoms with van der Waals surface area (Å²) in [5, 5.41) is 2.64. The summed E-state index contributed by atoms with van der Waals surface area (Å²) < 4.78 is 27.5. The van der Waals surface area contributed by atoms with Crippen molar-refractivity contribution < 1.29 is 18.0 Å². The molecule has 0 bridgehead atoms. The second kappa shape index (κ2) is 10.5. The van der Waals surface area contributed by atoms with Gasteiger partial charge >= 0.3 is 0 Å². The third-order valence-electron chi connectivity index (χ3n) is 6.45. The van der Waals surface area contributed by atoms with E-state index in [-0.39, 0.29) is 22.6 Å². The molecule has 2 aromatic rings. The minimum Gasteiger partial charge on any atom is -0.353 e. The zero-order chi connectivity index (χ0) is 24.1. The second-order valence-electron chi connectivity index (χ2n) is 8.81. The fourth-order valence-electron chi connectivity index (χ4n) is 4.52. The largest absolute Gasteiger partial charge is 0.353 e. The Morgan fingerprint density at radius 2 is 1.65 bits per heavy atom. The molecule has 2 saturated heterocycles. The summed E-state index contributed by atoms with van der Waals surface area (Å²) in [6.07, 6.45) is 3.58. The van der Waals surface area contributed by atoms with Crippen LogP contribution in [0.2, 0.25) is 0 Å². The summed E-state index contributed by atoms with van der Waals surface area (Å²) in [4.78, 5) is 32.7. The van der Waals surface area contributed by atoms with Gasteiger partial charge in [-0.15, -0.1) is 0 Å². The number of amides is 2. The van der Waals surface area contributed by atoms with Gasteiger partial charge < -0.3 is 15.1 Å². The molecule has 4 rings (SSSR count). The maximum absolute atomic E-state index is 13.0. The average Bonchev–Trinajstić information content (AvgIpc) is 2.85. The summed E-state index contributed by atoms with van der Waals surface area (Å²) in [6.45, 7) is 5.10. The lowest BCUT2D eigenvalue weighted by atomic mass is 9.94. The maximum atomic E-state index is 13.0. The van der Waals surface area contributed by atoms with Crippen LogP contribution in [-0.2, 0) is 19.6 Å². The van der Waals surface area contributed by atoms with Gasteiger partial charge in [0.15, 0.2) is 0 Å². The number of carbonyl (C=O) groups excluding carboxylic acids is 2. The topological polar surface area (TPSA) is 103 Å². The van der Waals surface area contributed by atoms with Gasteiger partial charge in [0.2, 0.25) is 21.8 Å². The number of carbonyl (C=O) groups is 2. The molecule has 9 nitrogen and oxygen atoms in total. The highest BCUT2D eigenvalue weighted by Crippen LogP contribution is 2.27. The predicted octanol–water partition coefficient (Wildman–Crippen LogP) is 2.18. The first-order valence-corrected chi connectivity index (χ1v) is 13.1. The Labute approximate surface area is 200 Å². The molecule has 1 aromatic carbocycles. The van der Waals surface area contributed by atoms with Crippen molar-refractivity contribution in [2.24, 2.45) is 5.92 Å². The standard InChI is InChI=1S/C24H31N5O4S/c1-19(30)26-21-5-7-22(8-6-21)34(32,33)29-12-9-20(10-13-29)18-24(31)28-16-14-27(15-17-28)23-4-2-3-11-25-23/h2-8,11,20H,9-10,12-18H2,1H3,(H,26,30). The van der Waals surface area contributed by atoms with Crippen LogP contribution in [0.25, 0.3) is 0 Å². The van der Waals surface area contributed by atoms with E-state index in [1.165, 1.54) is 23.4 Å². The number of nitrogens with zero attached hydrogens (tertiary/aromatic N) is 4. The van der Waals surface area contributed by atoms with E-state index in [0.717, 1.165) is 18.9 Å². The molecular formula is C24H31N5O4S. The zero-order valence-electron chi connectivity index (χ0n) is 19.4. The molecule has 3 heterocycles. The lowest BCUT2D eigenvalue weighted by molar-refractivity contribution is -0.132. The van der Waals surface area contributed by atoms with Crippen LogP contribution in [0.5, 0.6) is 0 Å². The van der Waals surface area contributed by atoms with Gasteiger partial charge in [-0.3, -0.25) is 9.59 Å². The van der Waals surface area contributed by atoms with Gasteiger partial charge in [-0.1, -0.05) is 6.07 Å². The van der Waals surface area contributed by atoms with Crippen molar-refractivity contribution in [3.8, 4) is 0 Å². The van der Waals surface area contributed by atoms with E-state index in [9.17, 15) is 18.0 Å². The molecule has 0 saturated carbocycles. The third-order valence-corrected chi connectivity index (χ3v) is 8.37. The first-order chi connectivity index (χ1) is 16.3. The van der Waals surface area contributed by atoms with Crippen molar-refractivity contribution in [3.63, 3.8) is 0 Å². The molecule has 2 aliphatic heterocycles. The highest BCUT2D eigenvalue weighted by Gasteiger charge is 2.31. The number of rotatable bonds is 6. The van der Waals surface area contributed by atoms with E-state index < -0.39 is 10.0 Å². The van der Waals surface area contributed by atoms with Crippen LogP contribution in [0.15, 0.2) is 53.6 Å². The van der Waals surface area contributed by atoms with Crippen LogP contribution in [0.4, 0.5) is 11.5 Å². The van der Waals surface area contributed by atoms with Crippen molar-refractivity contribution in [2.45, 2.75) is 31.1 Å². The van der Waals surface area contributed by atoms with E-state index in [1.807, 2.05) is 23.1 Å². The van der Waals surface area contributed by atoms with Gasteiger partial charge in [0.25, 0.3) is 0 Å². The van der Waals surface area contributed by atoms with E-state index in [0.29, 0.717) is 51.1 Å². The minimum atomic E-state index is -3.60. The lowest BCUT2D eigenvalue weighted by Crippen LogP contribution is -2.49. The second-order valence-corrected chi connectivity index (χ2v) is 10.8. The molecule has 0 radical (unpaired) electrons. The molecule has 0 aliphatic carbocycles. The molecular weight excluding hydrogens is 454 g/mol. The Kier molecular flexibility index (Phi) is 7.47. The highest BCUT2D eigenvalue weighted by molar-refractivity contribution is 7.89. The first kappa shape index (κ1) is 24.2. The average molecular weight is 486 g/mol. The molecule has 0 atom stereocenters. The summed E-state index contributed by atoms with van der Waals surface area (Å²) in [5.74, 6) is 1.07. The molecule has 2 amide bonds. The molecule has 1 aromatic heterocycles. The molecule has 0 unspecified atom stereocenters. The molecule has 2 aliphatic rings. The van der Waals surface area contributed by atoms with Crippen LogP contribution in [0.1, 0.15) is 26.2 Å². The van der Waals surface area contributed by atoms with Crippen LogP contribution < -0.4 is 10.2 Å². The molecule has 0 spiro atoms. The first-order valence-electron chi connectivity index (χ1n) is 11.6. The molecule has 2 fully saturated rings. The highest BCUT2D eigenvalue weighted by atomic mass is 32.2. The minimum absolute atomic E-state index is 0.149. The Morgan fingerprint density at radius 3 is 2.24 bits per heavy atom. The molecule has 34 heavy (non-hydrogen) atoms. The van der Waals surface area contributed by atoms with Gasteiger partial charge in [-0.25, -0.2) is 13.4 Å². The zero-order valence-corrected chi connectivity index (χ0v) is 20.2. The summed E-state index contributed by atoms with van der Waals surface area (Å²) in [5.41, 5.74) is 0.560. The van der Waals surface area contributed by atoms with Crippen molar-refractivity contribution in [1.29, 1.82) is 0 Å². The molecule has 1 N–H and O–H groups in total. The van der Waals surface area contributed by atoms with Crippen molar-refractivity contribution >= 4 is 33.3 Å². The number of sulfonamides is 1. The Bertz CT molecular complexity index is 1090. The van der Waals surface area contributed by atoms with Crippen molar-refractivity contribution in [2.75, 3.05) is 49.5 Å². The van der Waals surface area contributed by atoms with Gasteiger partial charge in [0, 0.05) is 64.5 Å². The summed E-state index contributed by atoms with van der Waals surface area (Å²) in [6, 6.07) is 12.1. The van der Waals surface area contributed by atoms with E-state index >= 15 is 0 Å². The van der Waals surface area contributed by atoms with Gasteiger partial charge in [-0.05, 0) is 55.2 Å². The third kappa shape index (κ3) is 5.74. The van der Waals surface area contributed by atoms with Gasteiger partial charge in [0.1, 0.15) is 5.82 Å². The Balaban J connectivity index is 1.25. The van der Waals surface area contributed by atoms with Crippen molar-refractivity contribution in [1.82, 2.24) is 14.2 Å². The lowest BCUT2D eigenvalue weighted by Gasteiger charge is -2.37. The Morgan fingerprint density at radius 1 is 0.971 bits per heavy atom. The van der Waals surface area contributed by atoms with Crippen LogP contribution >= 0.6 is 0 Å². The molecule has 10 heteroatoms. The maximum Gasteiger partial charge on any atom is 0.243 e. The number of hydrogen-bond donors (Lipinski definition) is 1.